The summed E-state index contributed by atoms with van der Waals surface area (Å²) in [7, 11) is -4.05. The van der Waals surface area contributed by atoms with Gasteiger partial charge >= 0.3 is 4.87 Å². The van der Waals surface area contributed by atoms with Crippen molar-refractivity contribution in [3.8, 4) is 5.75 Å². The van der Waals surface area contributed by atoms with Crippen LogP contribution in [0.15, 0.2) is 81.3 Å². The monoisotopic (exact) mass is 557 g/mol. The number of fused-ring (bicyclic) bond motifs is 1. The van der Waals surface area contributed by atoms with Crippen LogP contribution >= 0.6 is 23.1 Å². The molecule has 4 aromatic rings. The Kier molecular flexibility index (Phi) is 8.25. The standard InChI is InChI=1S/C26H27N3O5S3/c1-4-28-23-15-6-18(16-24(23)36-26(28)31)27-25(30)17-29(19-7-9-20(10-8-19)34-5-2)37(32,33)22-13-11-21(35-3)12-14-22/h6-16H,4-5,17H2,1-3H3,(H,27,30). The molecule has 4 rings (SSSR count). The van der Waals surface area contributed by atoms with Crippen LogP contribution in [0.5, 0.6) is 5.75 Å². The number of benzene rings is 3. The van der Waals surface area contributed by atoms with E-state index in [0.29, 0.717) is 30.3 Å². The van der Waals surface area contributed by atoms with Crippen molar-refractivity contribution < 1.29 is 17.9 Å². The highest BCUT2D eigenvalue weighted by Gasteiger charge is 2.27. The second-order valence-electron chi connectivity index (χ2n) is 7.96. The summed E-state index contributed by atoms with van der Waals surface area (Å²) < 4.78 is 36.3. The van der Waals surface area contributed by atoms with Gasteiger partial charge in [0.1, 0.15) is 12.3 Å². The van der Waals surface area contributed by atoms with Crippen molar-refractivity contribution in [1.82, 2.24) is 4.57 Å². The minimum Gasteiger partial charge on any atom is -0.494 e. The number of aromatic nitrogens is 1. The molecule has 8 nitrogen and oxygen atoms in total. The lowest BCUT2D eigenvalue weighted by Crippen LogP contribution is -2.38. The lowest BCUT2D eigenvalue weighted by Gasteiger charge is -2.24. The molecular weight excluding hydrogens is 531 g/mol. The maximum absolute atomic E-state index is 13.7. The number of sulfonamides is 1. The summed E-state index contributed by atoms with van der Waals surface area (Å²) in [6.07, 6.45) is 1.91. The van der Waals surface area contributed by atoms with Crippen molar-refractivity contribution in [2.75, 3.05) is 29.0 Å². The van der Waals surface area contributed by atoms with Crippen molar-refractivity contribution in [1.29, 1.82) is 0 Å². The molecule has 0 unspecified atom stereocenters. The van der Waals surface area contributed by atoms with E-state index >= 15 is 0 Å². The van der Waals surface area contributed by atoms with Crippen molar-refractivity contribution in [2.24, 2.45) is 0 Å². The number of rotatable bonds is 10. The topological polar surface area (TPSA) is 97.7 Å². The molecule has 0 radical (unpaired) electrons. The first-order valence-electron chi connectivity index (χ1n) is 11.6. The third-order valence-corrected chi connectivity index (χ3v) is 9.11. The minimum atomic E-state index is -4.05. The first-order chi connectivity index (χ1) is 17.8. The van der Waals surface area contributed by atoms with Gasteiger partial charge in [0.25, 0.3) is 10.0 Å². The number of nitrogens with one attached hydrogen (secondary N) is 1. The number of carbonyl (C=O) groups excluding carboxylic acids is 1. The first-order valence-corrected chi connectivity index (χ1v) is 15.1. The fourth-order valence-corrected chi connectivity index (χ4v) is 6.66. The van der Waals surface area contributed by atoms with Gasteiger partial charge in [0.15, 0.2) is 0 Å². The van der Waals surface area contributed by atoms with E-state index < -0.39 is 22.5 Å². The van der Waals surface area contributed by atoms with Crippen LogP contribution in [0.3, 0.4) is 0 Å². The molecule has 0 saturated carbocycles. The molecule has 0 atom stereocenters. The van der Waals surface area contributed by atoms with Crippen LogP contribution in [0.1, 0.15) is 13.8 Å². The van der Waals surface area contributed by atoms with Crippen LogP contribution < -0.4 is 19.2 Å². The molecule has 0 spiro atoms. The van der Waals surface area contributed by atoms with E-state index in [9.17, 15) is 18.0 Å². The van der Waals surface area contributed by atoms with Gasteiger partial charge in [-0.3, -0.25) is 18.5 Å². The van der Waals surface area contributed by atoms with E-state index in [1.54, 1.807) is 59.2 Å². The lowest BCUT2D eigenvalue weighted by atomic mass is 10.3. The molecule has 1 amide bonds. The second kappa shape index (κ2) is 11.4. The number of hydrogen-bond donors (Lipinski definition) is 1. The van der Waals surface area contributed by atoms with E-state index in [1.165, 1.54) is 23.9 Å². The van der Waals surface area contributed by atoms with Gasteiger partial charge in [0.05, 0.1) is 27.4 Å². The van der Waals surface area contributed by atoms with Crippen LogP contribution in [-0.4, -0.2) is 38.3 Å². The van der Waals surface area contributed by atoms with Crippen molar-refractivity contribution in [3.63, 3.8) is 0 Å². The van der Waals surface area contributed by atoms with Gasteiger partial charge in [-0.1, -0.05) is 11.3 Å². The van der Waals surface area contributed by atoms with Gasteiger partial charge in [0.2, 0.25) is 5.91 Å². The number of anilines is 2. The number of thioether (sulfide) groups is 1. The average molecular weight is 558 g/mol. The molecule has 11 heteroatoms. The number of amides is 1. The number of aryl methyl sites for hydroxylation is 1. The molecule has 3 aromatic carbocycles. The molecule has 0 aliphatic heterocycles. The summed E-state index contributed by atoms with van der Waals surface area (Å²) >= 11 is 2.61. The lowest BCUT2D eigenvalue weighted by molar-refractivity contribution is -0.114. The fraction of sp³-hybridized carbons (Fsp3) is 0.231. The van der Waals surface area contributed by atoms with E-state index in [-0.39, 0.29) is 9.77 Å². The van der Waals surface area contributed by atoms with Crippen LogP contribution in [0.2, 0.25) is 0 Å². The Hall–Kier alpha value is -3.28. The summed E-state index contributed by atoms with van der Waals surface area (Å²) in [5.74, 6) is 0.0866. The molecule has 1 aromatic heterocycles. The van der Waals surface area contributed by atoms with Gasteiger partial charge in [-0.2, -0.15) is 0 Å². The predicted molar refractivity (Wildman–Crippen MR) is 151 cm³/mol. The number of thiazole rings is 1. The quantitative estimate of drug-likeness (QED) is 0.275. The van der Waals surface area contributed by atoms with Crippen LogP contribution in [0, 0.1) is 0 Å². The van der Waals surface area contributed by atoms with E-state index in [0.717, 1.165) is 30.8 Å². The Morgan fingerprint density at radius 1 is 1.05 bits per heavy atom. The first kappa shape index (κ1) is 26.8. The minimum absolute atomic E-state index is 0.0683. The summed E-state index contributed by atoms with van der Waals surface area (Å²) in [5.41, 5.74) is 1.61. The predicted octanol–water partition coefficient (Wildman–Crippen LogP) is 5.04. The zero-order valence-corrected chi connectivity index (χ0v) is 23.1. The van der Waals surface area contributed by atoms with Gasteiger partial charge in [0, 0.05) is 17.1 Å². The van der Waals surface area contributed by atoms with Gasteiger partial charge in [-0.25, -0.2) is 8.42 Å². The molecule has 1 N–H and O–H groups in total. The highest BCUT2D eigenvalue weighted by molar-refractivity contribution is 7.98. The van der Waals surface area contributed by atoms with Crippen LogP contribution in [-0.2, 0) is 21.4 Å². The second-order valence-corrected chi connectivity index (χ2v) is 11.7. The van der Waals surface area contributed by atoms with E-state index in [1.807, 2.05) is 20.1 Å². The van der Waals surface area contributed by atoms with E-state index in [2.05, 4.69) is 5.32 Å². The molecule has 0 bridgehead atoms. The van der Waals surface area contributed by atoms with E-state index in [4.69, 9.17) is 4.74 Å². The third-order valence-electron chi connectivity index (χ3n) is 5.64. The number of hydrogen-bond acceptors (Lipinski definition) is 7. The Bertz CT molecular complexity index is 1560. The highest BCUT2D eigenvalue weighted by atomic mass is 32.2. The Morgan fingerprint density at radius 2 is 1.76 bits per heavy atom. The summed E-state index contributed by atoms with van der Waals surface area (Å²) in [6.45, 7) is 4.35. The number of carbonyl (C=O) groups is 1. The zero-order valence-electron chi connectivity index (χ0n) is 20.6. The normalized spacial score (nSPS) is 11.4. The Labute approximate surface area is 223 Å². The van der Waals surface area contributed by atoms with Crippen molar-refractivity contribution in [3.05, 3.63) is 76.4 Å². The highest BCUT2D eigenvalue weighted by Crippen LogP contribution is 2.28. The SMILES string of the molecule is CCOc1ccc(N(CC(=O)Nc2ccc3c(c2)sc(=O)n3CC)S(=O)(=O)c2ccc(SC)cc2)cc1. The summed E-state index contributed by atoms with van der Waals surface area (Å²) in [6, 6.07) is 18.3. The fourth-order valence-electron chi connectivity index (χ4n) is 3.84. The van der Waals surface area contributed by atoms with Gasteiger partial charge < -0.3 is 10.1 Å². The summed E-state index contributed by atoms with van der Waals surface area (Å²) in [4.78, 5) is 26.2. The molecule has 0 aliphatic rings. The molecule has 37 heavy (non-hydrogen) atoms. The summed E-state index contributed by atoms with van der Waals surface area (Å²) in [5, 5.41) is 2.78. The number of ether oxygens (including phenoxy) is 1. The molecule has 194 valence electrons. The van der Waals surface area contributed by atoms with Gasteiger partial charge in [-0.05, 0) is 86.8 Å². The zero-order chi connectivity index (χ0) is 26.6. The molecule has 0 saturated heterocycles. The maximum Gasteiger partial charge on any atom is 0.308 e. The van der Waals surface area contributed by atoms with Crippen LogP contribution in [0.4, 0.5) is 11.4 Å². The largest absolute Gasteiger partial charge is 0.494 e. The van der Waals surface area contributed by atoms with Crippen molar-refractivity contribution in [2.45, 2.75) is 30.2 Å². The molecule has 1 heterocycles. The maximum atomic E-state index is 13.7. The number of nitrogens with zero attached hydrogens (tertiary/aromatic N) is 2. The van der Waals surface area contributed by atoms with Crippen LogP contribution in [0.25, 0.3) is 10.2 Å². The Morgan fingerprint density at radius 3 is 2.38 bits per heavy atom. The van der Waals surface area contributed by atoms with Crippen molar-refractivity contribution >= 4 is 60.6 Å². The molecule has 0 fully saturated rings. The Balaban J connectivity index is 1.64. The third kappa shape index (κ3) is 5.84. The molecular formula is C26H27N3O5S3. The average Bonchev–Trinajstić information content (AvgIpc) is 3.22. The smallest absolute Gasteiger partial charge is 0.308 e. The molecule has 0 aliphatic carbocycles. The van der Waals surface area contributed by atoms with Gasteiger partial charge in [-0.15, -0.1) is 11.8 Å².